The molecule has 0 saturated heterocycles. The van der Waals surface area contributed by atoms with E-state index in [1.54, 1.807) is 48.6 Å². The van der Waals surface area contributed by atoms with E-state index in [0.29, 0.717) is 11.4 Å². The Morgan fingerprint density at radius 2 is 1.91 bits per heavy atom. The zero-order valence-corrected chi connectivity index (χ0v) is 11.7. The van der Waals surface area contributed by atoms with Crippen LogP contribution in [0.5, 0.6) is 0 Å². The first-order valence-corrected chi connectivity index (χ1v) is 6.33. The predicted molar refractivity (Wildman–Crippen MR) is 82.7 cm³/mol. The summed E-state index contributed by atoms with van der Waals surface area (Å²) in [6.45, 7) is 0. The van der Waals surface area contributed by atoms with Gasteiger partial charge in [-0.25, -0.2) is 4.79 Å². The maximum Gasteiger partial charge on any atom is 0.411 e. The minimum atomic E-state index is -1.04. The number of carboxylic acid groups (broad SMARTS) is 1. The number of carbonyl (C=O) groups is 1. The van der Waals surface area contributed by atoms with Gasteiger partial charge >= 0.3 is 11.9 Å². The zero-order chi connectivity index (χ0) is 16.1. The number of nitrogens with zero attached hydrogens (tertiary/aromatic N) is 3. The molecule has 0 aliphatic rings. The number of aromatic nitrogens is 1. The highest BCUT2D eigenvalue weighted by Crippen LogP contribution is 2.16. The average molecular weight is 299 g/mol. The second-order valence-corrected chi connectivity index (χ2v) is 4.44. The molecule has 112 valence electrons. The van der Waals surface area contributed by atoms with Gasteiger partial charge in [0, 0.05) is 18.8 Å². The van der Waals surface area contributed by atoms with Gasteiger partial charge in [-0.3, -0.25) is 4.90 Å². The Hall–Kier alpha value is -3.22. The Bertz CT molecular complexity index is 726. The summed E-state index contributed by atoms with van der Waals surface area (Å²) in [4.78, 5) is 25.9. The fraction of sp³-hybridized carbons (Fsp3) is 0.0667. The molecule has 1 N–H and O–H groups in total. The Kier molecular flexibility index (Phi) is 4.47. The van der Waals surface area contributed by atoms with Crippen molar-refractivity contribution in [2.75, 3.05) is 11.9 Å². The Balaban J connectivity index is 2.15. The third-order valence-corrected chi connectivity index (χ3v) is 2.96. The van der Waals surface area contributed by atoms with Gasteiger partial charge in [0.15, 0.2) is 5.69 Å². The second kappa shape index (κ2) is 6.49. The lowest BCUT2D eigenvalue weighted by atomic mass is 10.1. The molecule has 22 heavy (non-hydrogen) atoms. The number of anilines is 1. The van der Waals surface area contributed by atoms with Crippen LogP contribution in [-0.2, 0) is 0 Å². The van der Waals surface area contributed by atoms with E-state index in [-0.39, 0.29) is 5.82 Å². The van der Waals surface area contributed by atoms with Crippen LogP contribution in [0.4, 0.5) is 16.3 Å². The molecule has 1 amide bonds. The van der Waals surface area contributed by atoms with E-state index < -0.39 is 11.0 Å². The summed E-state index contributed by atoms with van der Waals surface area (Å²) >= 11 is 0. The third kappa shape index (κ3) is 3.66. The van der Waals surface area contributed by atoms with Crippen molar-refractivity contribution in [3.63, 3.8) is 0 Å². The van der Waals surface area contributed by atoms with Crippen LogP contribution in [0.25, 0.3) is 12.2 Å². The molecule has 7 heteroatoms. The molecular weight excluding hydrogens is 286 g/mol. The molecule has 0 spiro atoms. The van der Waals surface area contributed by atoms with E-state index in [9.17, 15) is 14.9 Å². The van der Waals surface area contributed by atoms with Crippen molar-refractivity contribution < 1.29 is 14.8 Å². The van der Waals surface area contributed by atoms with Crippen LogP contribution in [0, 0.1) is 10.1 Å². The summed E-state index contributed by atoms with van der Waals surface area (Å²) in [6, 6.07) is 11.4. The Morgan fingerprint density at radius 1 is 1.23 bits per heavy atom. The lowest BCUT2D eigenvalue weighted by Gasteiger charge is -2.12. The van der Waals surface area contributed by atoms with E-state index in [2.05, 4.69) is 4.98 Å². The van der Waals surface area contributed by atoms with Crippen molar-refractivity contribution in [3.8, 4) is 0 Å². The number of pyridine rings is 1. The van der Waals surface area contributed by atoms with Gasteiger partial charge in [-0.2, -0.15) is 0 Å². The number of nitro groups is 1. The van der Waals surface area contributed by atoms with E-state index in [4.69, 9.17) is 5.11 Å². The van der Waals surface area contributed by atoms with Gasteiger partial charge in [0.25, 0.3) is 0 Å². The quantitative estimate of drug-likeness (QED) is 0.690. The van der Waals surface area contributed by atoms with Crippen molar-refractivity contribution >= 4 is 29.8 Å². The largest absolute Gasteiger partial charge is 0.465 e. The highest BCUT2D eigenvalue weighted by Gasteiger charge is 2.08. The molecule has 0 bridgehead atoms. The molecule has 2 aromatic rings. The molecule has 1 aromatic carbocycles. The molecule has 0 saturated carbocycles. The number of hydrogen-bond donors (Lipinski definition) is 1. The van der Waals surface area contributed by atoms with Crippen LogP contribution in [0.2, 0.25) is 0 Å². The molecule has 0 fully saturated rings. The highest BCUT2D eigenvalue weighted by atomic mass is 16.6. The summed E-state index contributed by atoms with van der Waals surface area (Å²) in [6.07, 6.45) is 2.36. The Labute approximate surface area is 126 Å². The van der Waals surface area contributed by atoms with E-state index >= 15 is 0 Å². The molecular formula is C15H13N3O4. The first-order chi connectivity index (χ1) is 10.5. The number of benzene rings is 1. The fourth-order valence-corrected chi connectivity index (χ4v) is 1.74. The van der Waals surface area contributed by atoms with Crippen molar-refractivity contribution in [2.45, 2.75) is 0 Å². The lowest BCUT2D eigenvalue weighted by molar-refractivity contribution is -0.389. The van der Waals surface area contributed by atoms with Crippen molar-refractivity contribution in [2.24, 2.45) is 0 Å². The van der Waals surface area contributed by atoms with Crippen LogP contribution in [0.3, 0.4) is 0 Å². The van der Waals surface area contributed by atoms with Crippen LogP contribution in [-0.4, -0.2) is 28.2 Å². The molecule has 0 radical (unpaired) electrons. The van der Waals surface area contributed by atoms with E-state index in [0.717, 1.165) is 10.5 Å². The predicted octanol–water partition coefficient (Wildman–Crippen LogP) is 3.27. The van der Waals surface area contributed by atoms with Crippen LogP contribution in [0.15, 0.2) is 42.5 Å². The SMILES string of the molecule is CN(C(=O)O)c1ccc(/C=C/c2cccc([N+](=O)[O-])n2)cc1. The summed E-state index contributed by atoms with van der Waals surface area (Å²) in [5.41, 5.74) is 1.86. The fourth-order valence-electron chi connectivity index (χ4n) is 1.74. The normalized spacial score (nSPS) is 10.6. The summed E-state index contributed by atoms with van der Waals surface area (Å²) in [5, 5.41) is 19.5. The smallest absolute Gasteiger partial charge is 0.411 e. The molecule has 0 aliphatic carbocycles. The Morgan fingerprint density at radius 3 is 2.50 bits per heavy atom. The zero-order valence-electron chi connectivity index (χ0n) is 11.7. The third-order valence-electron chi connectivity index (χ3n) is 2.96. The van der Waals surface area contributed by atoms with Crippen molar-refractivity contribution in [1.82, 2.24) is 4.98 Å². The van der Waals surface area contributed by atoms with Crippen LogP contribution < -0.4 is 4.90 Å². The topological polar surface area (TPSA) is 96.6 Å². The highest BCUT2D eigenvalue weighted by molar-refractivity contribution is 5.85. The number of hydrogen-bond acceptors (Lipinski definition) is 4. The monoisotopic (exact) mass is 299 g/mol. The molecule has 0 aliphatic heterocycles. The summed E-state index contributed by atoms with van der Waals surface area (Å²) in [7, 11) is 1.46. The number of amides is 1. The molecule has 0 atom stereocenters. The van der Waals surface area contributed by atoms with Crippen LogP contribution in [0.1, 0.15) is 11.3 Å². The number of rotatable bonds is 4. The van der Waals surface area contributed by atoms with Gasteiger partial charge in [0.05, 0.1) is 0 Å². The maximum atomic E-state index is 10.8. The summed E-state index contributed by atoms with van der Waals surface area (Å²) < 4.78 is 0. The first-order valence-electron chi connectivity index (χ1n) is 6.33. The molecule has 1 aromatic heterocycles. The second-order valence-electron chi connectivity index (χ2n) is 4.44. The average Bonchev–Trinajstić information content (AvgIpc) is 2.53. The van der Waals surface area contributed by atoms with E-state index in [1.807, 2.05) is 0 Å². The first kappa shape index (κ1) is 15.2. The van der Waals surface area contributed by atoms with Crippen molar-refractivity contribution in [1.29, 1.82) is 0 Å². The molecule has 7 nitrogen and oxygen atoms in total. The molecule has 2 rings (SSSR count). The maximum absolute atomic E-state index is 10.8. The molecule has 0 unspecified atom stereocenters. The standard InChI is InChI=1S/C15H13N3O4/c1-17(15(19)20)13-9-6-11(7-10-13)5-8-12-3-2-4-14(16-12)18(21)22/h2-10H,1H3,(H,19,20)/b8-5+. The van der Waals surface area contributed by atoms with Gasteiger partial charge in [0.1, 0.15) is 0 Å². The minimum Gasteiger partial charge on any atom is -0.465 e. The minimum absolute atomic E-state index is 0.208. The van der Waals surface area contributed by atoms with Gasteiger partial charge in [-0.1, -0.05) is 18.2 Å². The van der Waals surface area contributed by atoms with Crippen molar-refractivity contribution in [3.05, 3.63) is 63.8 Å². The van der Waals surface area contributed by atoms with E-state index in [1.165, 1.54) is 13.1 Å². The van der Waals surface area contributed by atoms with Gasteiger partial charge in [-0.05, 0) is 45.8 Å². The lowest BCUT2D eigenvalue weighted by Crippen LogP contribution is -2.23. The van der Waals surface area contributed by atoms with Crippen LogP contribution >= 0.6 is 0 Å². The van der Waals surface area contributed by atoms with Gasteiger partial charge < -0.3 is 15.2 Å². The van der Waals surface area contributed by atoms with Gasteiger partial charge in [0.2, 0.25) is 0 Å². The van der Waals surface area contributed by atoms with Gasteiger partial charge in [-0.15, -0.1) is 0 Å². The summed E-state index contributed by atoms with van der Waals surface area (Å²) in [5.74, 6) is -0.208. The molecule has 1 heterocycles.